The van der Waals surface area contributed by atoms with Crippen LogP contribution in [0.25, 0.3) is 0 Å². The molecule has 0 spiro atoms. The Bertz CT molecular complexity index is 1130. The van der Waals surface area contributed by atoms with E-state index in [1.807, 2.05) is 0 Å². The fraction of sp³-hybridized carbons (Fsp3) is 0.848. The van der Waals surface area contributed by atoms with Crippen molar-refractivity contribution in [3.8, 4) is 0 Å². The second-order valence-corrected chi connectivity index (χ2v) is 17.4. The van der Waals surface area contributed by atoms with Crippen LogP contribution >= 0.6 is 7.82 Å². The molecule has 0 fully saturated rings. The number of ether oxygens (including phenoxy) is 2. The number of allylic oxidation sites excluding steroid dienone is 4. The number of carbonyl (C=O) groups is 3. The highest BCUT2D eigenvalue weighted by atomic mass is 31.2. The Balaban J connectivity index is 4.99. The second kappa shape index (κ2) is 43.7. The van der Waals surface area contributed by atoms with Gasteiger partial charge in [-0.15, -0.1) is 0 Å². The van der Waals surface area contributed by atoms with Gasteiger partial charge in [0.05, 0.1) is 19.3 Å². The molecule has 3 atom stereocenters. The van der Waals surface area contributed by atoms with Crippen LogP contribution < -0.4 is 22.1 Å². The largest absolute Gasteiger partial charge is 0.474 e. The SMILES string of the molecule is CCCC/C=C\CCCCCCCC(=O)OCC(COP(=O)(OC)OCCCC(=O)C(CCCNCCCN)NCCCN)OC(=O)CCCCCCC/C=C\CCCC. The molecular formula is C46H89N4O9P. The molecule has 0 heterocycles. The summed E-state index contributed by atoms with van der Waals surface area (Å²) < 4.78 is 40.8. The molecule has 60 heavy (non-hydrogen) atoms. The van der Waals surface area contributed by atoms with E-state index < -0.39 is 19.9 Å². The van der Waals surface area contributed by atoms with Crippen LogP contribution in [0.5, 0.6) is 0 Å². The van der Waals surface area contributed by atoms with Crippen LogP contribution in [-0.4, -0.2) is 89.5 Å². The van der Waals surface area contributed by atoms with Crippen molar-refractivity contribution in [3.63, 3.8) is 0 Å². The minimum absolute atomic E-state index is 0.0418. The van der Waals surface area contributed by atoms with Crippen molar-refractivity contribution in [2.24, 2.45) is 11.5 Å². The summed E-state index contributed by atoms with van der Waals surface area (Å²) in [6, 6.07) is -0.313. The molecule has 13 nitrogen and oxygen atoms in total. The summed E-state index contributed by atoms with van der Waals surface area (Å²) in [5.41, 5.74) is 11.2. The minimum Gasteiger partial charge on any atom is -0.462 e. The molecule has 0 aliphatic carbocycles. The number of ketones is 1. The lowest BCUT2D eigenvalue weighted by molar-refractivity contribution is -0.161. The van der Waals surface area contributed by atoms with Crippen LogP contribution in [0.3, 0.4) is 0 Å². The van der Waals surface area contributed by atoms with Gasteiger partial charge in [0.2, 0.25) is 0 Å². The van der Waals surface area contributed by atoms with Gasteiger partial charge in [-0.25, -0.2) is 4.57 Å². The zero-order valence-corrected chi connectivity index (χ0v) is 39.2. The van der Waals surface area contributed by atoms with Crippen molar-refractivity contribution >= 4 is 25.5 Å². The number of nitrogens with two attached hydrogens (primary N) is 2. The Morgan fingerprint density at radius 1 is 0.600 bits per heavy atom. The zero-order chi connectivity index (χ0) is 44.2. The fourth-order valence-corrected chi connectivity index (χ4v) is 7.30. The lowest BCUT2D eigenvalue weighted by atomic mass is 10.0. The summed E-state index contributed by atoms with van der Waals surface area (Å²) in [7, 11) is -2.86. The lowest BCUT2D eigenvalue weighted by Crippen LogP contribution is -2.38. The molecule has 0 radical (unpaired) electrons. The zero-order valence-electron chi connectivity index (χ0n) is 38.3. The number of rotatable bonds is 46. The maximum Gasteiger partial charge on any atom is 0.474 e. The maximum atomic E-state index is 13.4. The number of Topliss-reactive ketones (excluding diaryl/α,β-unsaturated/α-hetero) is 1. The number of unbranched alkanes of at least 4 members (excludes halogenated alkanes) is 14. The maximum absolute atomic E-state index is 13.4. The van der Waals surface area contributed by atoms with Gasteiger partial charge in [0.15, 0.2) is 6.10 Å². The first-order valence-electron chi connectivity index (χ1n) is 23.7. The average Bonchev–Trinajstić information content (AvgIpc) is 3.24. The number of hydrogen-bond acceptors (Lipinski definition) is 13. The second-order valence-electron chi connectivity index (χ2n) is 15.6. The normalized spacial score (nSPS) is 13.8. The Morgan fingerprint density at radius 2 is 1.13 bits per heavy atom. The van der Waals surface area contributed by atoms with E-state index in [0.29, 0.717) is 45.3 Å². The third-order valence-electron chi connectivity index (χ3n) is 10.0. The van der Waals surface area contributed by atoms with Crippen molar-refractivity contribution in [1.82, 2.24) is 10.6 Å². The quantitative estimate of drug-likeness (QED) is 0.0196. The summed E-state index contributed by atoms with van der Waals surface area (Å²) >= 11 is 0. The van der Waals surface area contributed by atoms with Crippen LogP contribution in [0.2, 0.25) is 0 Å². The van der Waals surface area contributed by atoms with Crippen molar-refractivity contribution in [3.05, 3.63) is 24.3 Å². The number of phosphoric ester groups is 1. The van der Waals surface area contributed by atoms with Gasteiger partial charge in [-0.2, -0.15) is 0 Å². The number of hydrogen-bond donors (Lipinski definition) is 4. The lowest BCUT2D eigenvalue weighted by Gasteiger charge is -2.21. The Hall–Kier alpha value is -1.96. The van der Waals surface area contributed by atoms with E-state index in [9.17, 15) is 18.9 Å². The molecule has 0 rings (SSSR count). The van der Waals surface area contributed by atoms with Crippen molar-refractivity contribution in [2.75, 3.05) is 59.7 Å². The predicted octanol–water partition coefficient (Wildman–Crippen LogP) is 9.56. The van der Waals surface area contributed by atoms with Crippen molar-refractivity contribution in [2.45, 2.75) is 193 Å². The van der Waals surface area contributed by atoms with Crippen LogP contribution in [0.15, 0.2) is 24.3 Å². The topological polar surface area (TPSA) is 191 Å². The fourth-order valence-electron chi connectivity index (χ4n) is 6.31. The summed E-state index contributed by atoms with van der Waals surface area (Å²) in [5, 5.41) is 6.66. The van der Waals surface area contributed by atoms with Gasteiger partial charge in [0.1, 0.15) is 12.4 Å². The highest BCUT2D eigenvalue weighted by Crippen LogP contribution is 2.48. The molecule has 0 saturated heterocycles. The third-order valence-corrected chi connectivity index (χ3v) is 11.4. The van der Waals surface area contributed by atoms with Crippen LogP contribution in [0, 0.1) is 0 Å². The smallest absolute Gasteiger partial charge is 0.462 e. The molecule has 0 saturated carbocycles. The van der Waals surface area contributed by atoms with E-state index in [0.717, 1.165) is 109 Å². The molecule has 0 aliphatic rings. The van der Waals surface area contributed by atoms with E-state index in [1.54, 1.807) is 0 Å². The highest BCUT2D eigenvalue weighted by Gasteiger charge is 2.29. The molecule has 0 aromatic heterocycles. The summed E-state index contributed by atoms with van der Waals surface area (Å²) in [6.07, 6.45) is 31.5. The van der Waals surface area contributed by atoms with Gasteiger partial charge in [-0.1, -0.05) is 102 Å². The number of phosphoric acid groups is 1. The molecule has 0 bridgehead atoms. The molecule has 3 unspecified atom stereocenters. The van der Waals surface area contributed by atoms with E-state index in [4.69, 9.17) is 34.5 Å². The van der Waals surface area contributed by atoms with Gasteiger partial charge in [-0.05, 0) is 116 Å². The first-order chi connectivity index (χ1) is 29.2. The Kier molecular flexibility index (Phi) is 42.3. The highest BCUT2D eigenvalue weighted by molar-refractivity contribution is 7.48. The predicted molar refractivity (Wildman–Crippen MR) is 245 cm³/mol. The summed E-state index contributed by atoms with van der Waals surface area (Å²) in [6.45, 7) is 7.22. The van der Waals surface area contributed by atoms with Crippen LogP contribution in [0.4, 0.5) is 0 Å². The van der Waals surface area contributed by atoms with Gasteiger partial charge in [-0.3, -0.25) is 28.0 Å². The van der Waals surface area contributed by atoms with E-state index in [1.165, 1.54) is 32.8 Å². The molecule has 6 N–H and O–H groups in total. The van der Waals surface area contributed by atoms with Gasteiger partial charge in [0, 0.05) is 26.4 Å². The molecule has 0 aromatic carbocycles. The third kappa shape index (κ3) is 37.8. The monoisotopic (exact) mass is 873 g/mol. The molecular weight excluding hydrogens is 783 g/mol. The molecule has 0 amide bonds. The minimum atomic E-state index is -4.07. The molecule has 352 valence electrons. The molecule has 0 aromatic rings. The van der Waals surface area contributed by atoms with Gasteiger partial charge < -0.3 is 31.6 Å². The molecule has 0 aliphatic heterocycles. The standard InChI is InChI=1S/C46H89N4O9P/c1-4-6-8-10-12-14-16-18-20-22-24-32-45(52)56-40-42(59-46(53)33-25-23-21-19-17-15-13-11-9-7-5-2)41-58-60(54,55-3)57-39-27-31-44(51)43(50-38-29-35-48)30-26-36-49-37-28-34-47/h10-13,42-43,49-50H,4-9,14-41,47-48H2,1-3H3/b12-10-,13-11-. The first-order valence-corrected chi connectivity index (χ1v) is 25.2. The van der Waals surface area contributed by atoms with E-state index >= 15 is 0 Å². The van der Waals surface area contributed by atoms with E-state index in [2.05, 4.69) is 48.8 Å². The first kappa shape index (κ1) is 58.0. The van der Waals surface area contributed by atoms with Crippen molar-refractivity contribution < 1.29 is 42.0 Å². The van der Waals surface area contributed by atoms with Crippen LogP contribution in [-0.2, 0) is 42.0 Å². The Labute approximate surface area is 365 Å². The van der Waals surface area contributed by atoms with Gasteiger partial charge >= 0.3 is 19.8 Å². The number of esters is 2. The average molecular weight is 873 g/mol. The van der Waals surface area contributed by atoms with E-state index in [-0.39, 0.29) is 56.9 Å². The van der Waals surface area contributed by atoms with Crippen LogP contribution in [0.1, 0.15) is 181 Å². The summed E-state index contributed by atoms with van der Waals surface area (Å²) in [4.78, 5) is 38.6. The molecule has 14 heteroatoms. The summed E-state index contributed by atoms with van der Waals surface area (Å²) in [5.74, 6) is -0.781. The van der Waals surface area contributed by atoms with Gasteiger partial charge in [0.25, 0.3) is 0 Å². The Morgan fingerprint density at radius 3 is 1.72 bits per heavy atom. The number of carbonyl (C=O) groups excluding carboxylic acids is 3. The number of nitrogens with one attached hydrogen (secondary N) is 2. The van der Waals surface area contributed by atoms with Crippen molar-refractivity contribution in [1.29, 1.82) is 0 Å².